The highest BCUT2D eigenvalue weighted by Crippen LogP contribution is 2.34. The highest BCUT2D eigenvalue weighted by molar-refractivity contribution is 7.14. The molecule has 1 N–H and O–H groups in total. The Morgan fingerprint density at radius 1 is 1.52 bits per heavy atom. The van der Waals surface area contributed by atoms with Crippen molar-refractivity contribution in [3.63, 3.8) is 0 Å². The lowest BCUT2D eigenvalue weighted by molar-refractivity contribution is -0.131. The SMILES string of the molecule is CC(C1CC1)N(C)C(=O)Cc1csc(NC(=O)c2ccco2)n1. The number of rotatable bonds is 6. The summed E-state index contributed by atoms with van der Waals surface area (Å²) >= 11 is 1.30. The molecule has 0 saturated heterocycles. The van der Waals surface area contributed by atoms with E-state index in [1.807, 2.05) is 7.05 Å². The quantitative estimate of drug-likeness (QED) is 0.882. The van der Waals surface area contributed by atoms with Gasteiger partial charge in [0.2, 0.25) is 5.91 Å². The van der Waals surface area contributed by atoms with Crippen molar-refractivity contribution in [3.05, 3.63) is 35.2 Å². The first-order chi connectivity index (χ1) is 11.0. The summed E-state index contributed by atoms with van der Waals surface area (Å²) in [5.41, 5.74) is 0.671. The molecule has 1 atom stereocenters. The zero-order chi connectivity index (χ0) is 16.4. The molecule has 1 aliphatic rings. The number of thiazole rings is 1. The Hall–Kier alpha value is -2.15. The predicted molar refractivity (Wildman–Crippen MR) is 87.4 cm³/mol. The Morgan fingerprint density at radius 2 is 2.30 bits per heavy atom. The van der Waals surface area contributed by atoms with Crippen molar-refractivity contribution in [2.45, 2.75) is 32.2 Å². The molecule has 2 aromatic heterocycles. The Morgan fingerprint density at radius 3 is 2.96 bits per heavy atom. The molecule has 0 spiro atoms. The predicted octanol–water partition coefficient (Wildman–Crippen LogP) is 2.79. The van der Waals surface area contributed by atoms with Gasteiger partial charge in [-0.05, 0) is 37.8 Å². The number of hydrogen-bond acceptors (Lipinski definition) is 5. The molecule has 1 saturated carbocycles. The Bertz CT molecular complexity index is 691. The van der Waals surface area contributed by atoms with E-state index in [-0.39, 0.29) is 30.0 Å². The minimum atomic E-state index is -0.346. The van der Waals surface area contributed by atoms with Gasteiger partial charge in [0, 0.05) is 18.5 Å². The fraction of sp³-hybridized carbons (Fsp3) is 0.438. The van der Waals surface area contributed by atoms with E-state index in [2.05, 4.69) is 17.2 Å². The van der Waals surface area contributed by atoms with Gasteiger partial charge < -0.3 is 9.32 Å². The molecule has 23 heavy (non-hydrogen) atoms. The van der Waals surface area contributed by atoms with Gasteiger partial charge in [-0.2, -0.15) is 0 Å². The van der Waals surface area contributed by atoms with Crippen molar-refractivity contribution in [2.75, 3.05) is 12.4 Å². The normalized spacial score (nSPS) is 15.2. The van der Waals surface area contributed by atoms with Crippen LogP contribution in [0, 0.1) is 5.92 Å². The number of anilines is 1. The van der Waals surface area contributed by atoms with Crippen molar-refractivity contribution >= 4 is 28.3 Å². The van der Waals surface area contributed by atoms with Gasteiger partial charge in [-0.1, -0.05) is 0 Å². The van der Waals surface area contributed by atoms with Gasteiger partial charge in [0.25, 0.3) is 5.91 Å². The molecule has 0 bridgehead atoms. The van der Waals surface area contributed by atoms with Crippen LogP contribution in [0.1, 0.15) is 36.0 Å². The number of hydrogen-bond donors (Lipinski definition) is 1. The van der Waals surface area contributed by atoms with E-state index in [0.29, 0.717) is 16.7 Å². The van der Waals surface area contributed by atoms with Crippen molar-refractivity contribution in [3.8, 4) is 0 Å². The molecular formula is C16H19N3O3S. The summed E-state index contributed by atoms with van der Waals surface area (Å²) in [5.74, 6) is 0.582. The highest BCUT2D eigenvalue weighted by atomic mass is 32.1. The number of furan rings is 1. The van der Waals surface area contributed by atoms with E-state index in [9.17, 15) is 9.59 Å². The molecule has 6 nitrogen and oxygen atoms in total. The van der Waals surface area contributed by atoms with E-state index >= 15 is 0 Å². The zero-order valence-electron chi connectivity index (χ0n) is 13.1. The van der Waals surface area contributed by atoms with Crippen LogP contribution in [0.15, 0.2) is 28.2 Å². The van der Waals surface area contributed by atoms with Crippen LogP contribution in [0.5, 0.6) is 0 Å². The molecule has 2 amide bonds. The fourth-order valence-electron chi connectivity index (χ4n) is 2.41. The van der Waals surface area contributed by atoms with Crippen LogP contribution >= 0.6 is 11.3 Å². The summed E-state index contributed by atoms with van der Waals surface area (Å²) in [4.78, 5) is 30.3. The first-order valence-electron chi connectivity index (χ1n) is 7.59. The number of nitrogens with zero attached hydrogens (tertiary/aromatic N) is 2. The van der Waals surface area contributed by atoms with Gasteiger partial charge in [0.05, 0.1) is 18.4 Å². The van der Waals surface area contributed by atoms with Crippen LogP contribution in [0.4, 0.5) is 5.13 Å². The standard InChI is InChI=1S/C16H19N3O3S/c1-10(11-5-6-11)19(2)14(20)8-12-9-23-16(17-12)18-15(21)13-4-3-7-22-13/h3-4,7,9-11H,5-6,8H2,1-2H3,(H,17,18,21). The van der Waals surface area contributed by atoms with Crippen molar-refractivity contribution in [1.29, 1.82) is 0 Å². The molecule has 2 heterocycles. The van der Waals surface area contributed by atoms with Gasteiger partial charge in [-0.15, -0.1) is 11.3 Å². The summed E-state index contributed by atoms with van der Waals surface area (Å²) in [7, 11) is 1.84. The number of carbonyl (C=O) groups excluding carboxylic acids is 2. The number of nitrogens with one attached hydrogen (secondary N) is 1. The summed E-state index contributed by atoms with van der Waals surface area (Å²) < 4.78 is 5.03. The number of carbonyl (C=O) groups is 2. The third-order valence-electron chi connectivity index (χ3n) is 4.16. The minimum absolute atomic E-state index is 0.0543. The maximum atomic E-state index is 12.3. The van der Waals surface area contributed by atoms with Crippen molar-refractivity contribution in [1.82, 2.24) is 9.88 Å². The minimum Gasteiger partial charge on any atom is -0.459 e. The number of aromatic nitrogens is 1. The average molecular weight is 333 g/mol. The summed E-state index contributed by atoms with van der Waals surface area (Å²) in [6, 6.07) is 3.51. The van der Waals surface area contributed by atoms with Crippen molar-refractivity contribution in [2.24, 2.45) is 5.92 Å². The van der Waals surface area contributed by atoms with Gasteiger partial charge >= 0.3 is 0 Å². The van der Waals surface area contributed by atoms with Crippen molar-refractivity contribution < 1.29 is 14.0 Å². The van der Waals surface area contributed by atoms with Crippen LogP contribution in [0.25, 0.3) is 0 Å². The molecule has 1 aliphatic carbocycles. The van der Waals surface area contributed by atoms with Crippen LogP contribution in [-0.4, -0.2) is 34.8 Å². The molecule has 122 valence electrons. The van der Waals surface area contributed by atoms with Gasteiger partial charge in [-0.25, -0.2) is 4.98 Å². The van der Waals surface area contributed by atoms with Crippen LogP contribution in [0.3, 0.4) is 0 Å². The zero-order valence-corrected chi connectivity index (χ0v) is 13.9. The fourth-order valence-corrected chi connectivity index (χ4v) is 3.12. The Labute approximate surface area is 138 Å². The molecule has 2 aromatic rings. The first kappa shape index (κ1) is 15.7. The second-order valence-electron chi connectivity index (χ2n) is 5.83. The lowest BCUT2D eigenvalue weighted by atomic mass is 10.2. The molecule has 0 aliphatic heterocycles. The van der Waals surface area contributed by atoms with Gasteiger partial charge in [-0.3, -0.25) is 14.9 Å². The van der Waals surface area contributed by atoms with E-state index in [0.717, 1.165) is 0 Å². The average Bonchev–Trinajstić information content (AvgIpc) is 3.05. The molecule has 3 rings (SSSR count). The summed E-state index contributed by atoms with van der Waals surface area (Å²) in [6.07, 6.45) is 4.11. The number of amides is 2. The molecule has 7 heteroatoms. The lowest BCUT2D eigenvalue weighted by Crippen LogP contribution is -2.37. The summed E-state index contributed by atoms with van der Waals surface area (Å²) in [5, 5.41) is 4.93. The molecule has 1 unspecified atom stereocenters. The largest absolute Gasteiger partial charge is 0.459 e. The summed E-state index contributed by atoms with van der Waals surface area (Å²) in [6.45, 7) is 2.09. The molecule has 0 aromatic carbocycles. The molecule has 0 radical (unpaired) electrons. The van der Waals surface area contributed by atoms with Crippen LogP contribution < -0.4 is 5.32 Å². The monoisotopic (exact) mass is 333 g/mol. The second kappa shape index (κ2) is 6.54. The van der Waals surface area contributed by atoms with Crippen LogP contribution in [-0.2, 0) is 11.2 Å². The van der Waals surface area contributed by atoms with E-state index < -0.39 is 0 Å². The highest BCUT2D eigenvalue weighted by Gasteiger charge is 2.32. The third-order valence-corrected chi connectivity index (χ3v) is 4.96. The van der Waals surface area contributed by atoms with Gasteiger partial charge in [0.15, 0.2) is 10.9 Å². The smallest absolute Gasteiger partial charge is 0.293 e. The Balaban J connectivity index is 1.56. The maximum absolute atomic E-state index is 12.3. The lowest BCUT2D eigenvalue weighted by Gasteiger charge is -2.24. The molecular weight excluding hydrogens is 314 g/mol. The van der Waals surface area contributed by atoms with Gasteiger partial charge in [0.1, 0.15) is 0 Å². The maximum Gasteiger partial charge on any atom is 0.293 e. The number of likely N-dealkylation sites (N-methyl/N-ethyl adjacent to an activating group) is 1. The second-order valence-corrected chi connectivity index (χ2v) is 6.69. The van der Waals surface area contributed by atoms with E-state index in [4.69, 9.17) is 4.42 Å². The van der Waals surface area contributed by atoms with E-state index in [1.54, 1.807) is 22.4 Å². The van der Waals surface area contributed by atoms with E-state index in [1.165, 1.54) is 30.4 Å². The Kier molecular flexibility index (Phi) is 4.47. The van der Waals surface area contributed by atoms with Crippen LogP contribution in [0.2, 0.25) is 0 Å². The molecule has 1 fully saturated rings. The first-order valence-corrected chi connectivity index (χ1v) is 8.47. The topological polar surface area (TPSA) is 75.4 Å². The third kappa shape index (κ3) is 3.79.